The van der Waals surface area contributed by atoms with Crippen LogP contribution in [0.25, 0.3) is 0 Å². The minimum atomic E-state index is 0.672. The van der Waals surface area contributed by atoms with Gasteiger partial charge in [0, 0.05) is 17.8 Å². The van der Waals surface area contributed by atoms with E-state index >= 15 is 0 Å². The number of aromatic nitrogens is 1. The summed E-state index contributed by atoms with van der Waals surface area (Å²) < 4.78 is 0. The summed E-state index contributed by atoms with van der Waals surface area (Å²) in [5.74, 6) is 0. The third-order valence-corrected chi connectivity index (χ3v) is 1.95. The van der Waals surface area contributed by atoms with E-state index in [1.165, 1.54) is 0 Å². The highest BCUT2D eigenvalue weighted by molar-refractivity contribution is 5.48. The van der Waals surface area contributed by atoms with Gasteiger partial charge in [0.2, 0.25) is 0 Å². The van der Waals surface area contributed by atoms with E-state index in [1.807, 2.05) is 25.1 Å². The minimum Gasteiger partial charge on any atom is -0.303 e. The van der Waals surface area contributed by atoms with E-state index in [9.17, 15) is 4.79 Å². The fourth-order valence-corrected chi connectivity index (χ4v) is 1.27. The molecular formula is C11H15NO. The summed E-state index contributed by atoms with van der Waals surface area (Å²) in [6.07, 6.45) is 4.65. The standard InChI is InChI=1S/C11H15NO/c1-10-6-5-8-11(12-10)7-3-2-4-9-13/h5-6,8-9H,2-4,7H2,1H3. The van der Waals surface area contributed by atoms with E-state index in [0.29, 0.717) is 6.42 Å². The first kappa shape index (κ1) is 9.90. The van der Waals surface area contributed by atoms with Crippen molar-refractivity contribution >= 4 is 6.29 Å². The van der Waals surface area contributed by atoms with Crippen LogP contribution < -0.4 is 0 Å². The van der Waals surface area contributed by atoms with Crippen molar-refractivity contribution in [3.05, 3.63) is 29.6 Å². The lowest BCUT2D eigenvalue weighted by Crippen LogP contribution is -1.92. The van der Waals surface area contributed by atoms with Gasteiger partial charge in [0.05, 0.1) is 0 Å². The average Bonchev–Trinajstić information content (AvgIpc) is 2.13. The molecule has 1 aromatic rings. The highest BCUT2D eigenvalue weighted by Gasteiger charge is 1.94. The van der Waals surface area contributed by atoms with E-state index in [1.54, 1.807) is 0 Å². The van der Waals surface area contributed by atoms with Crippen LogP contribution in [0, 0.1) is 6.92 Å². The van der Waals surface area contributed by atoms with Crippen LogP contribution >= 0.6 is 0 Å². The molecule has 0 N–H and O–H groups in total. The van der Waals surface area contributed by atoms with Gasteiger partial charge in [-0.2, -0.15) is 0 Å². The molecule has 0 atom stereocenters. The molecule has 0 spiro atoms. The summed E-state index contributed by atoms with van der Waals surface area (Å²) >= 11 is 0. The molecular weight excluding hydrogens is 162 g/mol. The number of carbonyl (C=O) groups is 1. The maximum atomic E-state index is 10.1. The number of carbonyl (C=O) groups excluding carboxylic acids is 1. The van der Waals surface area contributed by atoms with Crippen molar-refractivity contribution in [3.63, 3.8) is 0 Å². The minimum absolute atomic E-state index is 0.672. The molecule has 0 aliphatic rings. The molecule has 0 fully saturated rings. The van der Waals surface area contributed by atoms with Gasteiger partial charge < -0.3 is 4.79 Å². The molecule has 0 saturated heterocycles. The summed E-state index contributed by atoms with van der Waals surface area (Å²) in [5, 5.41) is 0. The van der Waals surface area contributed by atoms with Crippen LogP contribution in [0.3, 0.4) is 0 Å². The van der Waals surface area contributed by atoms with Crippen LogP contribution in [0.4, 0.5) is 0 Å². The Bertz CT molecular complexity index is 271. The molecule has 13 heavy (non-hydrogen) atoms. The van der Waals surface area contributed by atoms with Crippen LogP contribution in [0.2, 0.25) is 0 Å². The zero-order valence-corrected chi connectivity index (χ0v) is 7.99. The van der Waals surface area contributed by atoms with Crippen LogP contribution in [-0.4, -0.2) is 11.3 Å². The molecule has 1 rings (SSSR count). The number of hydrogen-bond acceptors (Lipinski definition) is 2. The molecule has 2 heteroatoms. The second kappa shape index (κ2) is 5.46. The van der Waals surface area contributed by atoms with E-state index in [-0.39, 0.29) is 0 Å². The molecule has 0 aliphatic carbocycles. The Balaban J connectivity index is 2.32. The monoisotopic (exact) mass is 177 g/mol. The molecule has 1 aromatic heterocycles. The lowest BCUT2D eigenvalue weighted by Gasteiger charge is -1.99. The Morgan fingerprint density at radius 1 is 1.38 bits per heavy atom. The van der Waals surface area contributed by atoms with Gasteiger partial charge in [-0.3, -0.25) is 4.98 Å². The van der Waals surface area contributed by atoms with Crippen LogP contribution in [0.15, 0.2) is 18.2 Å². The van der Waals surface area contributed by atoms with E-state index in [2.05, 4.69) is 4.98 Å². The highest BCUT2D eigenvalue weighted by Crippen LogP contribution is 2.04. The largest absolute Gasteiger partial charge is 0.303 e. The topological polar surface area (TPSA) is 30.0 Å². The molecule has 1 heterocycles. The summed E-state index contributed by atoms with van der Waals surface area (Å²) in [6, 6.07) is 6.06. The van der Waals surface area contributed by atoms with Crippen LogP contribution in [-0.2, 0) is 11.2 Å². The Hall–Kier alpha value is -1.18. The Morgan fingerprint density at radius 3 is 2.92 bits per heavy atom. The third kappa shape index (κ3) is 3.83. The van der Waals surface area contributed by atoms with Crippen molar-refractivity contribution in [2.45, 2.75) is 32.6 Å². The van der Waals surface area contributed by atoms with Gasteiger partial charge in [-0.25, -0.2) is 0 Å². The Kier molecular flexibility index (Phi) is 4.16. The molecule has 0 saturated carbocycles. The molecule has 0 radical (unpaired) electrons. The fraction of sp³-hybridized carbons (Fsp3) is 0.455. The van der Waals surface area contributed by atoms with Gasteiger partial charge >= 0.3 is 0 Å². The van der Waals surface area contributed by atoms with E-state index in [0.717, 1.165) is 36.9 Å². The van der Waals surface area contributed by atoms with Crippen molar-refractivity contribution in [3.8, 4) is 0 Å². The average molecular weight is 177 g/mol. The normalized spacial score (nSPS) is 9.92. The summed E-state index contributed by atoms with van der Waals surface area (Å²) in [4.78, 5) is 14.4. The number of hydrogen-bond donors (Lipinski definition) is 0. The molecule has 0 amide bonds. The second-order valence-corrected chi connectivity index (χ2v) is 3.18. The second-order valence-electron chi connectivity index (χ2n) is 3.18. The number of unbranched alkanes of at least 4 members (excludes halogenated alkanes) is 2. The van der Waals surface area contributed by atoms with Crippen molar-refractivity contribution in [2.24, 2.45) is 0 Å². The van der Waals surface area contributed by atoms with Gasteiger partial charge in [0.15, 0.2) is 0 Å². The molecule has 2 nitrogen and oxygen atoms in total. The predicted octanol–water partition coefficient (Wildman–Crippen LogP) is 2.30. The Morgan fingerprint density at radius 2 is 2.23 bits per heavy atom. The van der Waals surface area contributed by atoms with Gasteiger partial charge in [0.1, 0.15) is 6.29 Å². The van der Waals surface area contributed by atoms with Crippen molar-refractivity contribution in [1.82, 2.24) is 4.98 Å². The molecule has 70 valence electrons. The molecule has 0 aliphatic heterocycles. The zero-order valence-electron chi connectivity index (χ0n) is 7.99. The first-order valence-electron chi connectivity index (χ1n) is 4.69. The predicted molar refractivity (Wildman–Crippen MR) is 52.6 cm³/mol. The van der Waals surface area contributed by atoms with Gasteiger partial charge in [0.25, 0.3) is 0 Å². The molecule has 0 bridgehead atoms. The maximum Gasteiger partial charge on any atom is 0.119 e. The zero-order chi connectivity index (χ0) is 9.52. The number of aryl methyl sites for hydroxylation is 2. The van der Waals surface area contributed by atoms with E-state index in [4.69, 9.17) is 0 Å². The number of aldehydes is 1. The van der Waals surface area contributed by atoms with Crippen LogP contribution in [0.1, 0.15) is 30.7 Å². The number of pyridine rings is 1. The lowest BCUT2D eigenvalue weighted by molar-refractivity contribution is -0.107. The Labute approximate surface area is 79.0 Å². The van der Waals surface area contributed by atoms with Crippen LogP contribution in [0.5, 0.6) is 0 Å². The van der Waals surface area contributed by atoms with Gasteiger partial charge in [-0.1, -0.05) is 6.07 Å². The SMILES string of the molecule is Cc1cccc(CCCCC=O)n1. The summed E-state index contributed by atoms with van der Waals surface area (Å²) in [5.41, 5.74) is 2.19. The van der Waals surface area contributed by atoms with Crippen molar-refractivity contribution in [1.29, 1.82) is 0 Å². The first-order valence-corrected chi connectivity index (χ1v) is 4.69. The summed E-state index contributed by atoms with van der Waals surface area (Å²) in [6.45, 7) is 1.99. The van der Waals surface area contributed by atoms with E-state index < -0.39 is 0 Å². The van der Waals surface area contributed by atoms with Gasteiger partial charge in [-0.05, 0) is 38.3 Å². The number of nitrogens with zero attached hydrogens (tertiary/aromatic N) is 1. The van der Waals surface area contributed by atoms with Gasteiger partial charge in [-0.15, -0.1) is 0 Å². The molecule has 0 aromatic carbocycles. The third-order valence-electron chi connectivity index (χ3n) is 1.95. The first-order chi connectivity index (χ1) is 6.33. The summed E-state index contributed by atoms with van der Waals surface area (Å²) in [7, 11) is 0. The molecule has 0 unspecified atom stereocenters. The smallest absolute Gasteiger partial charge is 0.119 e. The number of rotatable bonds is 5. The lowest BCUT2D eigenvalue weighted by atomic mass is 10.1. The maximum absolute atomic E-state index is 10.1. The quantitative estimate of drug-likeness (QED) is 0.510. The van der Waals surface area contributed by atoms with Crippen molar-refractivity contribution in [2.75, 3.05) is 0 Å². The van der Waals surface area contributed by atoms with Crippen molar-refractivity contribution < 1.29 is 4.79 Å². The fourth-order valence-electron chi connectivity index (χ4n) is 1.27. The highest BCUT2D eigenvalue weighted by atomic mass is 16.1.